The van der Waals surface area contributed by atoms with E-state index in [4.69, 9.17) is 14.4 Å². The first-order valence-corrected chi connectivity index (χ1v) is 9.47. The van der Waals surface area contributed by atoms with Gasteiger partial charge in [-0.05, 0) is 40.5 Å². The molecule has 0 radical (unpaired) electrons. The second-order valence-corrected chi connectivity index (χ2v) is 8.31. The van der Waals surface area contributed by atoms with Gasteiger partial charge in [-0.2, -0.15) is 0 Å². The summed E-state index contributed by atoms with van der Waals surface area (Å²) in [6.45, 7) is 11.2. The molecule has 2 aliphatic rings. The highest BCUT2D eigenvalue weighted by atomic mass is 16.7. The third-order valence-corrected chi connectivity index (χ3v) is 6.02. The minimum absolute atomic E-state index is 0.226. The average Bonchev–Trinajstić information content (AvgIpc) is 2.83. The summed E-state index contributed by atoms with van der Waals surface area (Å²) in [5.74, 6) is 0.728. The molecule has 8 heteroatoms. The lowest BCUT2D eigenvalue weighted by Gasteiger charge is -2.36. The van der Waals surface area contributed by atoms with Crippen LogP contribution >= 0.6 is 0 Å². The highest BCUT2D eigenvalue weighted by Crippen LogP contribution is 2.36. The number of β-amino-alcohol motifs (C(OH)–C–C–N with tert-alkyl or cyclic N) is 1. The largest absolute Gasteiger partial charge is 0.498 e. The van der Waals surface area contributed by atoms with Crippen molar-refractivity contribution in [3.8, 4) is 0 Å². The van der Waals surface area contributed by atoms with Gasteiger partial charge in [0.1, 0.15) is 0 Å². The third kappa shape index (κ3) is 3.88. The number of aliphatic hydroxyl groups is 1. The normalized spacial score (nSPS) is 23.4. The van der Waals surface area contributed by atoms with Crippen molar-refractivity contribution in [3.05, 3.63) is 12.4 Å². The minimum atomic E-state index is -0.430. The molecule has 2 aliphatic heterocycles. The number of aromatic nitrogens is 2. The van der Waals surface area contributed by atoms with Crippen LogP contribution in [0.15, 0.2) is 12.4 Å². The zero-order valence-corrected chi connectivity index (χ0v) is 16.6. The molecule has 2 saturated heterocycles. The molecule has 0 saturated carbocycles. The van der Waals surface area contributed by atoms with Gasteiger partial charge in [0.15, 0.2) is 0 Å². The van der Waals surface area contributed by atoms with E-state index in [0.717, 1.165) is 43.9 Å². The van der Waals surface area contributed by atoms with E-state index >= 15 is 0 Å². The van der Waals surface area contributed by atoms with Crippen LogP contribution in [-0.2, 0) is 9.31 Å². The smallest absolute Gasteiger partial charge is 0.399 e. The molecule has 0 spiro atoms. The van der Waals surface area contributed by atoms with Crippen LogP contribution in [0.2, 0.25) is 0 Å². The van der Waals surface area contributed by atoms with Gasteiger partial charge in [-0.3, -0.25) is 0 Å². The minimum Gasteiger partial charge on any atom is -0.399 e. The van der Waals surface area contributed by atoms with Gasteiger partial charge in [-0.1, -0.05) is 0 Å². The standard InChI is InChI=1S/C18H31BN4O3/c1-17(2)18(3,4)26-19(25-17)14-12-20-16(21-13-14)22(5)15-6-8-23(9-7-15)10-11-24/h12-13,15,24H,6-11H2,1-5H3. The Balaban J connectivity index is 1.61. The van der Waals surface area contributed by atoms with Crippen LogP contribution in [0.25, 0.3) is 0 Å². The molecule has 144 valence electrons. The number of hydrogen-bond acceptors (Lipinski definition) is 7. The van der Waals surface area contributed by atoms with Crippen molar-refractivity contribution in [2.24, 2.45) is 0 Å². The summed E-state index contributed by atoms with van der Waals surface area (Å²) in [7, 11) is 1.62. The van der Waals surface area contributed by atoms with Crippen molar-refractivity contribution in [2.45, 2.75) is 57.8 Å². The second kappa shape index (κ2) is 7.42. The van der Waals surface area contributed by atoms with E-state index in [9.17, 15) is 0 Å². The van der Waals surface area contributed by atoms with E-state index in [-0.39, 0.29) is 17.8 Å². The number of rotatable bonds is 5. The van der Waals surface area contributed by atoms with Gasteiger partial charge in [0, 0.05) is 50.6 Å². The maximum absolute atomic E-state index is 9.06. The maximum atomic E-state index is 9.06. The van der Waals surface area contributed by atoms with Crippen molar-refractivity contribution in [2.75, 3.05) is 38.2 Å². The summed E-state index contributed by atoms with van der Waals surface area (Å²) < 4.78 is 12.1. The van der Waals surface area contributed by atoms with Crippen LogP contribution in [0.4, 0.5) is 5.95 Å². The summed E-state index contributed by atoms with van der Waals surface area (Å²) in [5.41, 5.74) is 0.115. The number of nitrogens with zero attached hydrogens (tertiary/aromatic N) is 4. The van der Waals surface area contributed by atoms with Crippen molar-refractivity contribution < 1.29 is 14.4 Å². The molecule has 0 amide bonds. The second-order valence-electron chi connectivity index (χ2n) is 8.31. The van der Waals surface area contributed by atoms with Gasteiger partial charge in [-0.15, -0.1) is 0 Å². The third-order valence-electron chi connectivity index (χ3n) is 6.02. The van der Waals surface area contributed by atoms with Gasteiger partial charge in [-0.25, -0.2) is 9.97 Å². The molecular formula is C18H31BN4O3. The number of hydrogen-bond donors (Lipinski definition) is 1. The van der Waals surface area contributed by atoms with Crippen molar-refractivity contribution >= 4 is 18.5 Å². The predicted octanol–water partition coefficient (Wildman–Crippen LogP) is 0.669. The Kier molecular flexibility index (Phi) is 5.58. The summed E-state index contributed by atoms with van der Waals surface area (Å²) in [5, 5.41) is 9.06. The summed E-state index contributed by atoms with van der Waals surface area (Å²) >= 11 is 0. The van der Waals surface area contributed by atoms with E-state index in [2.05, 4.69) is 26.8 Å². The van der Waals surface area contributed by atoms with Gasteiger partial charge in [0.2, 0.25) is 5.95 Å². The summed E-state index contributed by atoms with van der Waals surface area (Å²) in [6.07, 6.45) is 5.72. The highest BCUT2D eigenvalue weighted by molar-refractivity contribution is 6.61. The topological polar surface area (TPSA) is 71.0 Å². The van der Waals surface area contributed by atoms with Gasteiger partial charge >= 0.3 is 7.12 Å². The van der Waals surface area contributed by atoms with Gasteiger partial charge in [0.05, 0.1) is 17.8 Å². The molecule has 3 heterocycles. The lowest BCUT2D eigenvalue weighted by Crippen LogP contribution is -2.45. The first-order chi connectivity index (χ1) is 12.2. The molecule has 0 unspecified atom stereocenters. The summed E-state index contributed by atoms with van der Waals surface area (Å²) in [4.78, 5) is 13.6. The fourth-order valence-electron chi connectivity index (χ4n) is 3.45. The molecule has 0 bridgehead atoms. The number of piperidine rings is 1. The fraction of sp³-hybridized carbons (Fsp3) is 0.778. The molecule has 1 N–H and O–H groups in total. The lowest BCUT2D eigenvalue weighted by molar-refractivity contribution is 0.00578. The Bertz CT molecular complexity index is 587. The summed E-state index contributed by atoms with van der Waals surface area (Å²) in [6, 6.07) is 0.424. The monoisotopic (exact) mass is 362 g/mol. The Morgan fingerprint density at radius 2 is 1.69 bits per heavy atom. The number of anilines is 1. The lowest BCUT2D eigenvalue weighted by atomic mass is 9.81. The van der Waals surface area contributed by atoms with Gasteiger partial charge < -0.3 is 24.2 Å². The Hall–Kier alpha value is -1.22. The number of likely N-dealkylation sites (tertiary alicyclic amines) is 1. The van der Waals surface area contributed by atoms with Crippen LogP contribution in [-0.4, -0.2) is 77.6 Å². The molecule has 3 rings (SSSR count). The van der Waals surface area contributed by atoms with E-state index in [1.54, 1.807) is 0 Å². The van der Waals surface area contributed by atoms with Crippen molar-refractivity contribution in [1.29, 1.82) is 0 Å². The molecule has 0 aliphatic carbocycles. The quantitative estimate of drug-likeness (QED) is 0.772. The molecule has 2 fully saturated rings. The average molecular weight is 362 g/mol. The molecule has 0 atom stereocenters. The molecule has 1 aromatic heterocycles. The van der Waals surface area contributed by atoms with Crippen LogP contribution in [0.3, 0.4) is 0 Å². The molecule has 0 aromatic carbocycles. The molecular weight excluding hydrogens is 331 g/mol. The Morgan fingerprint density at radius 3 is 2.19 bits per heavy atom. The van der Waals surface area contributed by atoms with E-state index in [0.29, 0.717) is 6.04 Å². The van der Waals surface area contributed by atoms with Crippen molar-refractivity contribution in [1.82, 2.24) is 14.9 Å². The van der Waals surface area contributed by atoms with Crippen molar-refractivity contribution in [3.63, 3.8) is 0 Å². The molecule has 1 aromatic rings. The molecule has 26 heavy (non-hydrogen) atoms. The SMILES string of the molecule is CN(c1ncc(B2OC(C)(C)C(C)(C)O2)cn1)C1CCN(CCO)CC1. The van der Waals surface area contributed by atoms with Crippen LogP contribution in [0, 0.1) is 0 Å². The first-order valence-electron chi connectivity index (χ1n) is 9.47. The van der Waals surface area contributed by atoms with E-state index < -0.39 is 7.12 Å². The highest BCUT2D eigenvalue weighted by Gasteiger charge is 2.52. The van der Waals surface area contributed by atoms with E-state index in [1.807, 2.05) is 40.1 Å². The fourth-order valence-corrected chi connectivity index (χ4v) is 3.45. The number of aliphatic hydroxyl groups excluding tert-OH is 1. The van der Waals surface area contributed by atoms with Crippen LogP contribution in [0.5, 0.6) is 0 Å². The van der Waals surface area contributed by atoms with E-state index in [1.165, 1.54) is 0 Å². The zero-order chi connectivity index (χ0) is 18.9. The Morgan fingerprint density at radius 1 is 1.15 bits per heavy atom. The zero-order valence-electron chi connectivity index (χ0n) is 16.6. The first kappa shape index (κ1) is 19.5. The predicted molar refractivity (Wildman–Crippen MR) is 103 cm³/mol. The van der Waals surface area contributed by atoms with Crippen LogP contribution < -0.4 is 10.4 Å². The molecule has 7 nitrogen and oxygen atoms in total. The van der Waals surface area contributed by atoms with Gasteiger partial charge in [0.25, 0.3) is 0 Å². The Labute approximate surface area is 156 Å². The maximum Gasteiger partial charge on any atom is 0.498 e. The van der Waals surface area contributed by atoms with Crippen LogP contribution in [0.1, 0.15) is 40.5 Å².